The van der Waals surface area contributed by atoms with Gasteiger partial charge in [0, 0.05) is 0 Å². The van der Waals surface area contributed by atoms with Crippen molar-refractivity contribution in [3.05, 3.63) is 11.7 Å². The predicted octanol–water partition coefficient (Wildman–Crippen LogP) is 2.08. The summed E-state index contributed by atoms with van der Waals surface area (Å²) in [5.41, 5.74) is 5.55. The van der Waals surface area contributed by atoms with E-state index in [1.54, 1.807) is 13.8 Å². The third-order valence-electron chi connectivity index (χ3n) is 2.02. The Kier molecular flexibility index (Phi) is 3.51. The maximum absolute atomic E-state index is 12.8. The first kappa shape index (κ1) is 12.9. The standard InChI is InChI=1S/C8H11F4N3O/c1-3(2)4(13)5-14-7(16-15-5)8(11,12)6(9)10/h3-4,6H,13H2,1-2H3. The Morgan fingerprint density at radius 1 is 1.31 bits per heavy atom. The molecule has 0 saturated heterocycles. The van der Waals surface area contributed by atoms with Crippen LogP contribution in [0.5, 0.6) is 0 Å². The number of nitrogens with zero attached hydrogens (tertiary/aromatic N) is 2. The number of halogens is 4. The molecule has 0 aliphatic carbocycles. The highest BCUT2D eigenvalue weighted by Gasteiger charge is 2.48. The molecule has 1 heterocycles. The summed E-state index contributed by atoms with van der Waals surface area (Å²) >= 11 is 0. The van der Waals surface area contributed by atoms with E-state index in [1.165, 1.54) is 0 Å². The number of alkyl halides is 4. The van der Waals surface area contributed by atoms with Gasteiger partial charge in [-0.3, -0.25) is 0 Å². The highest BCUT2D eigenvalue weighted by atomic mass is 19.3. The minimum absolute atomic E-state index is 0.120. The fraction of sp³-hybridized carbons (Fsp3) is 0.750. The van der Waals surface area contributed by atoms with Gasteiger partial charge in [-0.1, -0.05) is 19.0 Å². The number of hydrogen-bond acceptors (Lipinski definition) is 4. The van der Waals surface area contributed by atoms with Gasteiger partial charge in [0.25, 0.3) is 0 Å². The Morgan fingerprint density at radius 2 is 1.88 bits per heavy atom. The van der Waals surface area contributed by atoms with Gasteiger partial charge in [0.1, 0.15) is 0 Å². The third kappa shape index (κ3) is 2.31. The molecule has 0 bridgehead atoms. The Hall–Kier alpha value is -1.18. The number of hydrogen-bond donors (Lipinski definition) is 1. The molecule has 0 aliphatic heterocycles. The average Bonchev–Trinajstić information content (AvgIpc) is 2.65. The molecule has 0 saturated carbocycles. The lowest BCUT2D eigenvalue weighted by atomic mass is 10.1. The Morgan fingerprint density at radius 3 is 2.31 bits per heavy atom. The second kappa shape index (κ2) is 4.36. The van der Waals surface area contributed by atoms with Crippen LogP contribution >= 0.6 is 0 Å². The zero-order valence-corrected chi connectivity index (χ0v) is 8.62. The summed E-state index contributed by atoms with van der Waals surface area (Å²) in [6, 6.07) is -0.731. The van der Waals surface area contributed by atoms with E-state index in [-0.39, 0.29) is 11.7 Å². The maximum atomic E-state index is 12.8. The molecular formula is C8H11F4N3O. The molecule has 0 spiro atoms. The SMILES string of the molecule is CC(C)C(N)c1noc(C(F)(F)C(F)F)n1. The fourth-order valence-electron chi connectivity index (χ4n) is 0.897. The molecule has 4 nitrogen and oxygen atoms in total. The second-order valence-electron chi connectivity index (χ2n) is 3.65. The van der Waals surface area contributed by atoms with Crippen molar-refractivity contribution < 1.29 is 22.1 Å². The van der Waals surface area contributed by atoms with E-state index in [2.05, 4.69) is 14.7 Å². The van der Waals surface area contributed by atoms with Crippen LogP contribution in [0.3, 0.4) is 0 Å². The summed E-state index contributed by atoms with van der Waals surface area (Å²) in [5, 5.41) is 3.16. The molecule has 0 fully saturated rings. The molecule has 0 amide bonds. The lowest BCUT2D eigenvalue weighted by molar-refractivity contribution is -0.152. The third-order valence-corrected chi connectivity index (χ3v) is 2.02. The van der Waals surface area contributed by atoms with Crippen LogP contribution in [0, 0.1) is 5.92 Å². The van der Waals surface area contributed by atoms with Crippen LogP contribution in [0.2, 0.25) is 0 Å². The molecular weight excluding hydrogens is 230 g/mol. The van der Waals surface area contributed by atoms with Crippen LogP contribution in [0.15, 0.2) is 4.52 Å². The van der Waals surface area contributed by atoms with Crippen molar-refractivity contribution in [3.8, 4) is 0 Å². The van der Waals surface area contributed by atoms with E-state index in [1.807, 2.05) is 0 Å². The summed E-state index contributed by atoms with van der Waals surface area (Å²) in [5.74, 6) is -6.17. The summed E-state index contributed by atoms with van der Waals surface area (Å²) in [4.78, 5) is 3.19. The topological polar surface area (TPSA) is 64.9 Å². The van der Waals surface area contributed by atoms with Gasteiger partial charge in [-0.05, 0) is 5.92 Å². The summed E-state index contributed by atoms with van der Waals surface area (Å²) in [6.45, 7) is 3.43. The first-order valence-electron chi connectivity index (χ1n) is 4.52. The van der Waals surface area contributed by atoms with Crippen LogP contribution in [-0.2, 0) is 5.92 Å². The van der Waals surface area contributed by atoms with Crippen molar-refractivity contribution in [1.29, 1.82) is 0 Å². The quantitative estimate of drug-likeness (QED) is 0.819. The van der Waals surface area contributed by atoms with Crippen molar-refractivity contribution in [2.24, 2.45) is 11.7 Å². The molecule has 1 atom stereocenters. The van der Waals surface area contributed by atoms with E-state index in [0.717, 1.165) is 0 Å². The number of rotatable bonds is 4. The summed E-state index contributed by atoms with van der Waals surface area (Å²) in [7, 11) is 0. The van der Waals surface area contributed by atoms with E-state index in [0.29, 0.717) is 0 Å². The second-order valence-corrected chi connectivity index (χ2v) is 3.65. The van der Waals surface area contributed by atoms with Crippen LogP contribution in [0.4, 0.5) is 17.6 Å². The minimum Gasteiger partial charge on any atom is -0.332 e. The minimum atomic E-state index is -4.44. The van der Waals surface area contributed by atoms with Crippen LogP contribution in [-0.4, -0.2) is 16.6 Å². The molecule has 1 aromatic rings. The molecule has 0 radical (unpaired) electrons. The maximum Gasteiger partial charge on any atom is 0.383 e. The largest absolute Gasteiger partial charge is 0.383 e. The Bertz CT molecular complexity index is 353. The molecule has 0 aliphatic rings. The van der Waals surface area contributed by atoms with Gasteiger partial charge < -0.3 is 10.3 Å². The fourth-order valence-corrected chi connectivity index (χ4v) is 0.897. The molecule has 8 heteroatoms. The van der Waals surface area contributed by atoms with Crippen LogP contribution in [0.25, 0.3) is 0 Å². The van der Waals surface area contributed by atoms with E-state index >= 15 is 0 Å². The molecule has 16 heavy (non-hydrogen) atoms. The van der Waals surface area contributed by atoms with Crippen LogP contribution in [0.1, 0.15) is 31.6 Å². The monoisotopic (exact) mass is 241 g/mol. The zero-order valence-electron chi connectivity index (χ0n) is 8.62. The number of aromatic nitrogens is 2. The van der Waals surface area contributed by atoms with Crippen molar-refractivity contribution in [2.45, 2.75) is 32.2 Å². The van der Waals surface area contributed by atoms with Crippen LogP contribution < -0.4 is 5.73 Å². The predicted molar refractivity (Wildman–Crippen MR) is 46.0 cm³/mol. The molecule has 0 aromatic carbocycles. The molecule has 92 valence electrons. The van der Waals surface area contributed by atoms with Crippen molar-refractivity contribution >= 4 is 0 Å². The van der Waals surface area contributed by atoms with Crippen molar-refractivity contribution in [3.63, 3.8) is 0 Å². The normalized spacial score (nSPS) is 14.8. The molecule has 1 aromatic heterocycles. The molecule has 2 N–H and O–H groups in total. The Labute approximate surface area is 88.8 Å². The lowest BCUT2D eigenvalue weighted by Gasteiger charge is -2.10. The van der Waals surface area contributed by atoms with Gasteiger partial charge in [-0.15, -0.1) is 0 Å². The van der Waals surface area contributed by atoms with E-state index < -0.39 is 24.3 Å². The molecule has 1 rings (SSSR count). The van der Waals surface area contributed by atoms with E-state index in [4.69, 9.17) is 5.73 Å². The van der Waals surface area contributed by atoms with Gasteiger partial charge in [0.2, 0.25) is 0 Å². The summed E-state index contributed by atoms with van der Waals surface area (Å²) in [6.07, 6.45) is -3.89. The van der Waals surface area contributed by atoms with Crippen molar-refractivity contribution in [1.82, 2.24) is 10.1 Å². The van der Waals surface area contributed by atoms with Gasteiger partial charge in [0.05, 0.1) is 6.04 Å². The smallest absolute Gasteiger partial charge is 0.332 e. The Balaban J connectivity index is 2.95. The van der Waals surface area contributed by atoms with Crippen molar-refractivity contribution in [2.75, 3.05) is 0 Å². The zero-order chi connectivity index (χ0) is 12.5. The highest BCUT2D eigenvalue weighted by molar-refractivity contribution is 4.99. The number of nitrogens with two attached hydrogens (primary N) is 1. The van der Waals surface area contributed by atoms with Gasteiger partial charge in [-0.25, -0.2) is 8.78 Å². The average molecular weight is 241 g/mol. The first-order valence-corrected chi connectivity index (χ1v) is 4.52. The highest BCUT2D eigenvalue weighted by Crippen LogP contribution is 2.33. The van der Waals surface area contributed by atoms with E-state index in [9.17, 15) is 17.6 Å². The van der Waals surface area contributed by atoms with Gasteiger partial charge in [-0.2, -0.15) is 13.8 Å². The van der Waals surface area contributed by atoms with Gasteiger partial charge in [0.15, 0.2) is 5.82 Å². The summed E-state index contributed by atoms with van der Waals surface area (Å²) < 4.78 is 53.5. The molecule has 1 unspecified atom stereocenters. The lowest BCUT2D eigenvalue weighted by Crippen LogP contribution is -2.24. The van der Waals surface area contributed by atoms with Gasteiger partial charge >= 0.3 is 18.2 Å². The first-order chi connectivity index (χ1) is 7.26.